The molecule has 33 heavy (non-hydrogen) atoms. The molecule has 0 spiro atoms. The van der Waals surface area contributed by atoms with Gasteiger partial charge in [-0.15, -0.1) is 0 Å². The van der Waals surface area contributed by atoms with Gasteiger partial charge in [0.05, 0.1) is 19.6 Å². The van der Waals surface area contributed by atoms with E-state index < -0.39 is 0 Å². The van der Waals surface area contributed by atoms with E-state index in [1.807, 2.05) is 43.3 Å². The number of nitrogens with zero attached hydrogens (tertiary/aromatic N) is 3. The van der Waals surface area contributed by atoms with Crippen molar-refractivity contribution in [3.63, 3.8) is 0 Å². The number of hydrogen-bond acceptors (Lipinski definition) is 8. The zero-order chi connectivity index (χ0) is 22.8. The molecule has 0 aliphatic carbocycles. The van der Waals surface area contributed by atoms with Gasteiger partial charge in [-0.05, 0) is 36.8 Å². The van der Waals surface area contributed by atoms with Crippen molar-refractivity contribution in [2.24, 2.45) is 0 Å². The minimum atomic E-state index is -0.194. The number of hydrogen-bond donors (Lipinski definition) is 0. The molecular formula is C24H25N3O6. The molecule has 1 amide bonds. The van der Waals surface area contributed by atoms with E-state index in [0.29, 0.717) is 67.5 Å². The maximum absolute atomic E-state index is 12.7. The lowest BCUT2D eigenvalue weighted by Crippen LogP contribution is -2.24. The van der Waals surface area contributed by atoms with Gasteiger partial charge in [-0.1, -0.05) is 12.1 Å². The third-order valence-corrected chi connectivity index (χ3v) is 5.64. The topological polar surface area (TPSA) is 96.2 Å². The zero-order valence-electron chi connectivity index (χ0n) is 18.6. The number of carbonyl (C=O) groups is 1. The molecule has 0 N–H and O–H groups in total. The van der Waals surface area contributed by atoms with Crippen molar-refractivity contribution in [3.8, 4) is 34.4 Å². The molecule has 0 bridgehead atoms. The van der Waals surface area contributed by atoms with Crippen LogP contribution in [0.1, 0.15) is 31.6 Å². The minimum Gasteiger partial charge on any atom is -0.493 e. The summed E-state index contributed by atoms with van der Waals surface area (Å²) in [5.41, 5.74) is 1.51. The Bertz CT molecular complexity index is 1160. The second-order valence-corrected chi connectivity index (χ2v) is 7.90. The fourth-order valence-corrected chi connectivity index (χ4v) is 3.98. The van der Waals surface area contributed by atoms with Crippen LogP contribution >= 0.6 is 0 Å². The molecule has 5 rings (SSSR count). The van der Waals surface area contributed by atoms with Crippen molar-refractivity contribution < 1.29 is 28.3 Å². The summed E-state index contributed by atoms with van der Waals surface area (Å²) in [6.07, 6.45) is 1.20. The fourth-order valence-electron chi connectivity index (χ4n) is 3.98. The van der Waals surface area contributed by atoms with Crippen LogP contribution in [0.3, 0.4) is 0 Å². The van der Waals surface area contributed by atoms with Gasteiger partial charge in [0.25, 0.3) is 0 Å². The van der Waals surface area contributed by atoms with Crippen molar-refractivity contribution in [1.29, 1.82) is 0 Å². The molecule has 1 unspecified atom stereocenters. The standard InChI is InChI=1S/C24H25N3O6/c1-3-8-30-18-6-4-15(11-20(18)29-2)23-25-24(33-26-23)16-12-22(28)27(14-16)17-5-7-19-21(13-17)32-10-9-31-19/h4-7,11,13,16H,3,8-10,12,14H2,1-2H3. The SMILES string of the molecule is CCCOc1ccc(-c2noc(C3CC(=O)N(c4ccc5c(c4)OCCO5)C3)n2)cc1OC. The molecule has 1 saturated heterocycles. The number of methoxy groups -OCH3 is 1. The average molecular weight is 451 g/mol. The molecule has 3 aromatic rings. The summed E-state index contributed by atoms with van der Waals surface area (Å²) in [5.74, 6) is 3.29. The number of rotatable bonds is 7. The Morgan fingerprint density at radius 2 is 1.94 bits per heavy atom. The van der Waals surface area contributed by atoms with Crippen LogP contribution in [-0.2, 0) is 4.79 Å². The number of aromatic nitrogens is 2. The Hall–Kier alpha value is -3.75. The van der Waals surface area contributed by atoms with E-state index in [9.17, 15) is 4.79 Å². The molecule has 2 aliphatic rings. The monoisotopic (exact) mass is 451 g/mol. The Balaban J connectivity index is 1.33. The Kier molecular flexibility index (Phi) is 5.77. The quantitative estimate of drug-likeness (QED) is 0.535. The normalized spacial score (nSPS) is 17.3. The van der Waals surface area contributed by atoms with Gasteiger partial charge in [-0.2, -0.15) is 4.98 Å². The molecule has 1 aromatic heterocycles. The molecular weight excluding hydrogens is 426 g/mol. The summed E-state index contributed by atoms with van der Waals surface area (Å²) in [6.45, 7) is 4.13. The molecule has 1 atom stereocenters. The zero-order valence-corrected chi connectivity index (χ0v) is 18.6. The van der Waals surface area contributed by atoms with Crippen LogP contribution in [0, 0.1) is 0 Å². The van der Waals surface area contributed by atoms with E-state index in [1.54, 1.807) is 12.0 Å². The molecule has 2 aliphatic heterocycles. The van der Waals surface area contributed by atoms with Crippen LogP contribution in [0.4, 0.5) is 5.69 Å². The van der Waals surface area contributed by atoms with Crippen molar-refractivity contribution in [2.45, 2.75) is 25.7 Å². The highest BCUT2D eigenvalue weighted by molar-refractivity contribution is 5.96. The lowest BCUT2D eigenvalue weighted by Gasteiger charge is -2.22. The number of benzene rings is 2. The predicted molar refractivity (Wildman–Crippen MR) is 119 cm³/mol. The third-order valence-electron chi connectivity index (χ3n) is 5.64. The van der Waals surface area contributed by atoms with E-state index in [4.69, 9.17) is 23.5 Å². The maximum Gasteiger partial charge on any atom is 0.232 e. The summed E-state index contributed by atoms with van der Waals surface area (Å²) in [7, 11) is 1.59. The van der Waals surface area contributed by atoms with Crippen LogP contribution in [0.15, 0.2) is 40.9 Å². The maximum atomic E-state index is 12.7. The Labute approximate surface area is 191 Å². The second-order valence-electron chi connectivity index (χ2n) is 7.90. The number of fused-ring (bicyclic) bond motifs is 1. The molecule has 172 valence electrons. The van der Waals surface area contributed by atoms with Crippen LogP contribution in [-0.4, -0.2) is 49.5 Å². The first kappa shape index (κ1) is 21.1. The molecule has 1 fully saturated rings. The van der Waals surface area contributed by atoms with Gasteiger partial charge in [0.2, 0.25) is 17.6 Å². The van der Waals surface area contributed by atoms with Gasteiger partial charge in [0.15, 0.2) is 23.0 Å². The van der Waals surface area contributed by atoms with Gasteiger partial charge in [0.1, 0.15) is 13.2 Å². The largest absolute Gasteiger partial charge is 0.493 e. The first-order chi connectivity index (χ1) is 16.2. The summed E-state index contributed by atoms with van der Waals surface area (Å²) >= 11 is 0. The van der Waals surface area contributed by atoms with Gasteiger partial charge < -0.3 is 28.4 Å². The molecule has 9 nitrogen and oxygen atoms in total. The number of ether oxygens (including phenoxy) is 4. The van der Waals surface area contributed by atoms with Crippen LogP contribution < -0.4 is 23.8 Å². The average Bonchev–Trinajstić information content (AvgIpc) is 3.49. The van der Waals surface area contributed by atoms with Gasteiger partial charge in [0, 0.05) is 30.3 Å². The summed E-state index contributed by atoms with van der Waals surface area (Å²) in [5, 5.41) is 4.13. The number of carbonyl (C=O) groups excluding carboxylic acids is 1. The first-order valence-corrected chi connectivity index (χ1v) is 11.0. The van der Waals surface area contributed by atoms with Crippen LogP contribution in [0.25, 0.3) is 11.4 Å². The van der Waals surface area contributed by atoms with E-state index in [-0.39, 0.29) is 11.8 Å². The molecule has 0 radical (unpaired) electrons. The summed E-state index contributed by atoms with van der Waals surface area (Å²) in [4.78, 5) is 19.0. The van der Waals surface area contributed by atoms with Gasteiger partial charge in [-0.25, -0.2) is 0 Å². The van der Waals surface area contributed by atoms with E-state index in [1.165, 1.54) is 0 Å². The van der Waals surface area contributed by atoms with Gasteiger partial charge >= 0.3 is 0 Å². The Morgan fingerprint density at radius 1 is 1.09 bits per heavy atom. The molecule has 0 saturated carbocycles. The number of amides is 1. The van der Waals surface area contributed by atoms with E-state index in [0.717, 1.165) is 17.7 Å². The molecule has 2 aromatic carbocycles. The van der Waals surface area contributed by atoms with E-state index >= 15 is 0 Å². The highest BCUT2D eigenvalue weighted by Gasteiger charge is 2.35. The molecule has 9 heteroatoms. The highest BCUT2D eigenvalue weighted by atomic mass is 16.6. The van der Waals surface area contributed by atoms with Crippen LogP contribution in [0.5, 0.6) is 23.0 Å². The number of anilines is 1. The van der Waals surface area contributed by atoms with Crippen molar-refractivity contribution >= 4 is 11.6 Å². The summed E-state index contributed by atoms with van der Waals surface area (Å²) < 4.78 is 27.9. The highest BCUT2D eigenvalue weighted by Crippen LogP contribution is 2.38. The van der Waals surface area contributed by atoms with Crippen LogP contribution in [0.2, 0.25) is 0 Å². The molecule has 3 heterocycles. The third kappa shape index (κ3) is 4.18. The minimum absolute atomic E-state index is 0.00415. The van der Waals surface area contributed by atoms with Crippen molar-refractivity contribution in [1.82, 2.24) is 10.1 Å². The Morgan fingerprint density at radius 3 is 2.76 bits per heavy atom. The van der Waals surface area contributed by atoms with Crippen molar-refractivity contribution in [2.75, 3.05) is 38.4 Å². The summed E-state index contributed by atoms with van der Waals surface area (Å²) in [6, 6.07) is 11.0. The lowest BCUT2D eigenvalue weighted by atomic mass is 10.1. The van der Waals surface area contributed by atoms with E-state index in [2.05, 4.69) is 10.1 Å². The smallest absolute Gasteiger partial charge is 0.232 e. The first-order valence-electron chi connectivity index (χ1n) is 11.0. The fraction of sp³-hybridized carbons (Fsp3) is 0.375. The predicted octanol–water partition coefficient (Wildman–Crippen LogP) is 3.83. The second kappa shape index (κ2) is 9.01. The van der Waals surface area contributed by atoms with Gasteiger partial charge in [-0.3, -0.25) is 4.79 Å². The van der Waals surface area contributed by atoms with Crippen molar-refractivity contribution in [3.05, 3.63) is 42.3 Å². The lowest BCUT2D eigenvalue weighted by molar-refractivity contribution is -0.117.